The van der Waals surface area contributed by atoms with E-state index in [4.69, 9.17) is 9.26 Å². The number of likely N-dealkylation sites (tertiary alicyclic amines) is 1. The van der Waals surface area contributed by atoms with Crippen LogP contribution >= 0.6 is 0 Å². The molecule has 1 saturated carbocycles. The molecular weight excluding hydrogens is 412 g/mol. The van der Waals surface area contributed by atoms with Crippen LogP contribution in [-0.4, -0.2) is 57.1 Å². The lowest BCUT2D eigenvalue weighted by molar-refractivity contribution is -0.144. The molecule has 3 aliphatic heterocycles. The number of nitrogens with one attached hydrogen (secondary N) is 2. The summed E-state index contributed by atoms with van der Waals surface area (Å²) in [6.45, 7) is 7.47. The third-order valence-electron chi connectivity index (χ3n) is 6.96. The van der Waals surface area contributed by atoms with Crippen molar-refractivity contribution in [2.24, 2.45) is 11.8 Å². The smallest absolute Gasteiger partial charge is 0.246 e. The molecular formula is C23H30N4O5. The van der Waals surface area contributed by atoms with Gasteiger partial charge in [0, 0.05) is 17.6 Å². The number of ether oxygens (including phenoxy) is 1. The van der Waals surface area contributed by atoms with Crippen LogP contribution in [0.4, 0.5) is 5.82 Å². The lowest BCUT2D eigenvalue weighted by atomic mass is 9.74. The minimum Gasteiger partial charge on any atom is -0.360 e. The number of hydrogen-bond acceptors (Lipinski definition) is 6. The Morgan fingerprint density at radius 3 is 2.56 bits per heavy atom. The van der Waals surface area contributed by atoms with Gasteiger partial charge in [-0.05, 0) is 40.5 Å². The van der Waals surface area contributed by atoms with Gasteiger partial charge >= 0.3 is 0 Å². The van der Waals surface area contributed by atoms with Gasteiger partial charge in [0.1, 0.15) is 17.4 Å². The molecule has 1 aliphatic carbocycles. The van der Waals surface area contributed by atoms with Crippen molar-refractivity contribution in [1.29, 1.82) is 0 Å². The van der Waals surface area contributed by atoms with Crippen LogP contribution < -0.4 is 10.6 Å². The number of hydrogen-bond donors (Lipinski definition) is 2. The number of carbonyl (C=O) groups is 3. The summed E-state index contributed by atoms with van der Waals surface area (Å²) in [5.74, 6) is -1.37. The number of aryl methyl sites for hydroxylation is 1. The number of carbonyl (C=O) groups excluding carboxylic acids is 3. The Balaban J connectivity index is 1.50. The summed E-state index contributed by atoms with van der Waals surface area (Å²) in [7, 11) is 0. The average Bonchev–Trinajstić information content (AvgIpc) is 3.48. The van der Waals surface area contributed by atoms with E-state index in [1.165, 1.54) is 0 Å². The summed E-state index contributed by atoms with van der Waals surface area (Å²) in [6, 6.07) is 0.810. The second-order valence-corrected chi connectivity index (χ2v) is 10.4. The highest BCUT2D eigenvalue weighted by atomic mass is 16.5. The first kappa shape index (κ1) is 21.2. The molecule has 0 radical (unpaired) electrons. The molecule has 4 aliphatic rings. The summed E-state index contributed by atoms with van der Waals surface area (Å²) in [5.41, 5.74) is -1.60. The van der Waals surface area contributed by atoms with E-state index in [1.807, 2.05) is 32.9 Å². The standard InChI is InChI=1S/C23H30N4O5/c1-12-11-15(26-32-12)24-19(28)16-14-9-10-23(31-14)17(16)21(30)27(13-7-5-6-8-13)18(23)20(29)25-22(2,3)4/h9-11,13-14,16-18H,5-8H2,1-4H3,(H,25,29)(H,24,26,28)/t14-,16-,17-,18+,23-/m0/s1. The number of fused-ring (bicyclic) bond motifs is 1. The van der Waals surface area contributed by atoms with Gasteiger partial charge in [-0.1, -0.05) is 30.2 Å². The molecule has 4 heterocycles. The van der Waals surface area contributed by atoms with Gasteiger partial charge in [0.05, 0.1) is 17.9 Å². The van der Waals surface area contributed by atoms with Crippen LogP contribution in [0.5, 0.6) is 0 Å². The maximum Gasteiger partial charge on any atom is 0.246 e. The van der Waals surface area contributed by atoms with Gasteiger partial charge in [-0.25, -0.2) is 0 Å². The van der Waals surface area contributed by atoms with E-state index in [0.29, 0.717) is 11.6 Å². The van der Waals surface area contributed by atoms with Crippen molar-refractivity contribution in [2.45, 2.75) is 82.7 Å². The van der Waals surface area contributed by atoms with Crippen LogP contribution in [0, 0.1) is 18.8 Å². The first-order valence-corrected chi connectivity index (χ1v) is 11.4. The third kappa shape index (κ3) is 3.17. The Hall–Kier alpha value is -2.68. The van der Waals surface area contributed by atoms with Crippen molar-refractivity contribution in [3.63, 3.8) is 0 Å². The molecule has 9 heteroatoms. The van der Waals surface area contributed by atoms with Crippen molar-refractivity contribution in [3.05, 3.63) is 24.0 Å². The molecule has 0 unspecified atom stereocenters. The summed E-state index contributed by atoms with van der Waals surface area (Å²) in [4.78, 5) is 42.3. The van der Waals surface area contributed by atoms with Crippen molar-refractivity contribution in [2.75, 3.05) is 5.32 Å². The van der Waals surface area contributed by atoms with E-state index >= 15 is 0 Å². The summed E-state index contributed by atoms with van der Waals surface area (Å²) in [5, 5.41) is 9.63. The molecule has 1 spiro atoms. The fourth-order valence-corrected chi connectivity index (χ4v) is 5.86. The summed E-state index contributed by atoms with van der Waals surface area (Å²) < 4.78 is 11.4. The molecule has 172 valence electrons. The highest BCUT2D eigenvalue weighted by Crippen LogP contribution is 2.56. The normalized spacial score (nSPS) is 33.8. The highest BCUT2D eigenvalue weighted by Gasteiger charge is 2.73. The fourth-order valence-electron chi connectivity index (χ4n) is 5.86. The minimum absolute atomic E-state index is 0.0175. The van der Waals surface area contributed by atoms with E-state index in [2.05, 4.69) is 15.8 Å². The number of anilines is 1. The predicted octanol–water partition coefficient (Wildman–Crippen LogP) is 1.93. The van der Waals surface area contributed by atoms with Gasteiger partial charge in [-0.15, -0.1) is 0 Å². The summed E-state index contributed by atoms with van der Waals surface area (Å²) >= 11 is 0. The molecule has 1 aromatic rings. The Morgan fingerprint density at radius 1 is 1.22 bits per heavy atom. The van der Waals surface area contributed by atoms with Crippen LogP contribution in [0.1, 0.15) is 52.2 Å². The number of nitrogens with zero attached hydrogens (tertiary/aromatic N) is 2. The molecule has 2 N–H and O–H groups in total. The maximum absolute atomic E-state index is 13.8. The molecule has 2 saturated heterocycles. The van der Waals surface area contributed by atoms with E-state index in [9.17, 15) is 14.4 Å². The first-order chi connectivity index (χ1) is 15.1. The summed E-state index contributed by atoms with van der Waals surface area (Å²) in [6.07, 6.45) is 6.85. The number of amides is 3. The molecule has 5 atom stereocenters. The molecule has 5 rings (SSSR count). The third-order valence-corrected chi connectivity index (χ3v) is 6.96. The van der Waals surface area contributed by atoms with Crippen LogP contribution in [0.15, 0.2) is 22.7 Å². The van der Waals surface area contributed by atoms with Gasteiger partial charge in [0.25, 0.3) is 0 Å². The largest absolute Gasteiger partial charge is 0.360 e. The monoisotopic (exact) mass is 442 g/mol. The minimum atomic E-state index is -1.14. The van der Waals surface area contributed by atoms with Crippen molar-refractivity contribution in [1.82, 2.24) is 15.4 Å². The Kier molecular flexibility index (Phi) is 4.74. The number of aromatic nitrogens is 1. The molecule has 3 amide bonds. The van der Waals surface area contributed by atoms with Crippen molar-refractivity contribution < 1.29 is 23.6 Å². The Morgan fingerprint density at radius 2 is 1.94 bits per heavy atom. The highest BCUT2D eigenvalue weighted by molar-refractivity contribution is 6.02. The van der Waals surface area contributed by atoms with Gasteiger partial charge in [-0.2, -0.15) is 0 Å². The molecule has 9 nitrogen and oxygen atoms in total. The van der Waals surface area contributed by atoms with Crippen LogP contribution in [-0.2, 0) is 19.1 Å². The quantitative estimate of drug-likeness (QED) is 0.689. The van der Waals surface area contributed by atoms with E-state index in [1.54, 1.807) is 17.9 Å². The topological polar surface area (TPSA) is 114 Å². The van der Waals surface area contributed by atoms with Crippen molar-refractivity contribution >= 4 is 23.5 Å². The van der Waals surface area contributed by atoms with Crippen LogP contribution in [0.3, 0.4) is 0 Å². The van der Waals surface area contributed by atoms with Crippen LogP contribution in [0.2, 0.25) is 0 Å². The van der Waals surface area contributed by atoms with E-state index < -0.39 is 35.1 Å². The zero-order valence-electron chi connectivity index (χ0n) is 18.9. The lowest BCUT2D eigenvalue weighted by Crippen LogP contribution is -2.59. The lowest BCUT2D eigenvalue weighted by Gasteiger charge is -2.37. The zero-order valence-corrected chi connectivity index (χ0v) is 18.9. The zero-order chi connectivity index (χ0) is 22.8. The molecule has 3 fully saturated rings. The van der Waals surface area contributed by atoms with Gasteiger partial charge in [-0.3, -0.25) is 14.4 Å². The van der Waals surface area contributed by atoms with Gasteiger partial charge < -0.3 is 24.8 Å². The van der Waals surface area contributed by atoms with Gasteiger partial charge in [0.2, 0.25) is 17.7 Å². The second kappa shape index (κ2) is 7.16. The SMILES string of the molecule is Cc1cc(NC(=O)[C@H]2[C@@H]3C=C[C@]4(O3)[C@@H]2C(=O)N(C2CCCC2)[C@@H]4C(=O)NC(C)(C)C)no1. The Bertz CT molecular complexity index is 989. The van der Waals surface area contributed by atoms with Crippen LogP contribution in [0.25, 0.3) is 0 Å². The van der Waals surface area contributed by atoms with E-state index in [-0.39, 0.29) is 23.8 Å². The molecule has 32 heavy (non-hydrogen) atoms. The molecule has 0 aromatic carbocycles. The average molecular weight is 443 g/mol. The van der Waals surface area contributed by atoms with Gasteiger partial charge in [0.15, 0.2) is 5.82 Å². The predicted molar refractivity (Wildman–Crippen MR) is 114 cm³/mol. The maximum atomic E-state index is 13.8. The first-order valence-electron chi connectivity index (χ1n) is 11.4. The van der Waals surface area contributed by atoms with E-state index in [0.717, 1.165) is 25.7 Å². The second-order valence-electron chi connectivity index (χ2n) is 10.4. The Labute approximate surface area is 186 Å². The molecule has 1 aromatic heterocycles. The number of rotatable bonds is 4. The molecule has 2 bridgehead atoms. The van der Waals surface area contributed by atoms with Crippen molar-refractivity contribution in [3.8, 4) is 0 Å². The fraction of sp³-hybridized carbons (Fsp3) is 0.652.